The van der Waals surface area contributed by atoms with Crippen LogP contribution in [0.25, 0.3) is 11.5 Å². The van der Waals surface area contributed by atoms with Crippen LogP contribution in [0.4, 0.5) is 23.5 Å². The molecule has 0 radical (unpaired) electrons. The highest BCUT2D eigenvalue weighted by Crippen LogP contribution is 2.43. The quantitative estimate of drug-likeness (QED) is 0.686. The van der Waals surface area contributed by atoms with E-state index >= 15 is 0 Å². The highest BCUT2D eigenvalue weighted by Gasteiger charge is 2.40. The van der Waals surface area contributed by atoms with E-state index in [0.717, 1.165) is 24.8 Å². The van der Waals surface area contributed by atoms with E-state index in [1.165, 1.54) is 24.5 Å². The van der Waals surface area contributed by atoms with Gasteiger partial charge in [-0.3, -0.25) is 0 Å². The van der Waals surface area contributed by atoms with Crippen LogP contribution in [0.2, 0.25) is 0 Å². The van der Waals surface area contributed by atoms with Gasteiger partial charge < -0.3 is 9.73 Å². The summed E-state index contributed by atoms with van der Waals surface area (Å²) < 4.78 is 55.4. The van der Waals surface area contributed by atoms with Crippen molar-refractivity contribution in [3.63, 3.8) is 0 Å². The lowest BCUT2D eigenvalue weighted by atomic mass is 9.72. The van der Waals surface area contributed by atoms with E-state index < -0.39 is 12.1 Å². The molecular weight excluding hydrogens is 366 g/mol. The maximum Gasteiger partial charge on any atom is 0.470 e. The summed E-state index contributed by atoms with van der Waals surface area (Å²) >= 11 is 0. The molecule has 1 N–H and O–H groups in total. The Morgan fingerprint density at radius 2 is 1.67 bits per heavy atom. The summed E-state index contributed by atoms with van der Waals surface area (Å²) in [4.78, 5) is 8.26. The first-order valence-electron chi connectivity index (χ1n) is 8.13. The Labute approximate surface area is 150 Å². The number of nitrogens with one attached hydrogen (secondary N) is 1. The summed E-state index contributed by atoms with van der Waals surface area (Å²) in [6, 6.07) is 6.23. The third-order valence-electron chi connectivity index (χ3n) is 4.52. The van der Waals surface area contributed by atoms with Crippen molar-refractivity contribution in [3.8, 4) is 11.5 Å². The van der Waals surface area contributed by atoms with Crippen LogP contribution >= 0.6 is 0 Å². The van der Waals surface area contributed by atoms with Crippen molar-refractivity contribution in [2.75, 3.05) is 5.32 Å². The Morgan fingerprint density at radius 1 is 1.00 bits per heavy atom. The van der Waals surface area contributed by atoms with E-state index in [4.69, 9.17) is 0 Å². The van der Waals surface area contributed by atoms with E-state index in [-0.39, 0.29) is 22.8 Å². The second-order valence-corrected chi connectivity index (χ2v) is 6.27. The van der Waals surface area contributed by atoms with E-state index in [9.17, 15) is 17.6 Å². The lowest BCUT2D eigenvalue weighted by Crippen LogP contribution is -2.42. The van der Waals surface area contributed by atoms with Crippen LogP contribution in [-0.4, -0.2) is 20.2 Å². The standard InChI is InChI=1S/C17H13F4N5O/c18-12-4-2-11(3-5-12)16(6-1-7-16)24-15-22-8-10(9-23-15)13-25-26-14(27-13)17(19,20)21/h2-5,8-9H,1,6-7H2,(H,22,23,24). The zero-order chi connectivity index (χ0) is 19.1. The van der Waals surface area contributed by atoms with Gasteiger partial charge >= 0.3 is 12.1 Å². The number of benzene rings is 1. The van der Waals surface area contributed by atoms with Crippen LogP contribution in [0.5, 0.6) is 0 Å². The van der Waals surface area contributed by atoms with Crippen molar-refractivity contribution < 1.29 is 22.0 Å². The fourth-order valence-electron chi connectivity index (χ4n) is 2.96. The Bertz CT molecular complexity index is 933. The SMILES string of the molecule is Fc1ccc(C2(Nc3ncc(-c4nnc(C(F)(F)F)o4)cn3)CCC2)cc1. The highest BCUT2D eigenvalue weighted by molar-refractivity contribution is 5.51. The van der Waals surface area contributed by atoms with Crippen LogP contribution in [0.1, 0.15) is 30.7 Å². The van der Waals surface area contributed by atoms with Gasteiger partial charge in [-0.25, -0.2) is 14.4 Å². The maximum atomic E-state index is 13.2. The number of anilines is 1. The fraction of sp³-hybridized carbons (Fsp3) is 0.294. The number of hydrogen-bond donors (Lipinski definition) is 1. The van der Waals surface area contributed by atoms with Crippen molar-refractivity contribution in [3.05, 3.63) is 53.9 Å². The van der Waals surface area contributed by atoms with Gasteiger partial charge in [0.05, 0.1) is 11.1 Å². The second-order valence-electron chi connectivity index (χ2n) is 6.27. The van der Waals surface area contributed by atoms with Gasteiger partial charge in [-0.15, -0.1) is 10.2 Å². The number of hydrogen-bond acceptors (Lipinski definition) is 6. The minimum absolute atomic E-state index is 0.174. The topological polar surface area (TPSA) is 76.7 Å². The average Bonchev–Trinajstić information content (AvgIpc) is 3.10. The number of nitrogens with zero attached hydrogens (tertiary/aromatic N) is 4. The van der Waals surface area contributed by atoms with Gasteiger partial charge in [-0.2, -0.15) is 13.2 Å². The first-order valence-corrected chi connectivity index (χ1v) is 8.13. The maximum absolute atomic E-state index is 13.2. The largest absolute Gasteiger partial charge is 0.470 e. The van der Waals surface area contributed by atoms with Gasteiger partial charge in [0.25, 0.3) is 5.89 Å². The molecule has 6 nitrogen and oxygen atoms in total. The molecule has 0 aliphatic heterocycles. The van der Waals surface area contributed by atoms with E-state index in [1.807, 2.05) is 0 Å². The van der Waals surface area contributed by atoms with Gasteiger partial charge in [-0.05, 0) is 37.0 Å². The molecule has 2 heterocycles. The molecule has 4 rings (SSSR count). The summed E-state index contributed by atoms with van der Waals surface area (Å²) in [6.07, 6.45) is 0.578. The fourth-order valence-corrected chi connectivity index (χ4v) is 2.96. The van der Waals surface area contributed by atoms with Gasteiger partial charge in [0.15, 0.2) is 0 Å². The summed E-state index contributed by atoms with van der Waals surface area (Å²) in [5.74, 6) is -1.75. The van der Waals surface area contributed by atoms with E-state index in [2.05, 4.69) is 29.9 Å². The molecule has 2 aromatic heterocycles. The third-order valence-corrected chi connectivity index (χ3v) is 4.52. The van der Waals surface area contributed by atoms with Crippen molar-refractivity contribution in [1.82, 2.24) is 20.2 Å². The zero-order valence-corrected chi connectivity index (χ0v) is 13.8. The van der Waals surface area contributed by atoms with Crippen molar-refractivity contribution >= 4 is 5.95 Å². The molecule has 1 fully saturated rings. The average molecular weight is 379 g/mol. The lowest BCUT2D eigenvalue weighted by Gasteiger charge is -2.43. The smallest absolute Gasteiger partial charge is 0.413 e. The summed E-state index contributed by atoms with van der Waals surface area (Å²) in [7, 11) is 0. The van der Waals surface area contributed by atoms with E-state index in [1.54, 1.807) is 12.1 Å². The van der Waals surface area contributed by atoms with Crippen LogP contribution in [0, 0.1) is 5.82 Å². The molecule has 1 aliphatic rings. The summed E-state index contributed by atoms with van der Waals surface area (Å²) in [6.45, 7) is 0. The highest BCUT2D eigenvalue weighted by atomic mass is 19.4. The molecule has 0 bridgehead atoms. The van der Waals surface area contributed by atoms with Crippen LogP contribution in [-0.2, 0) is 11.7 Å². The van der Waals surface area contributed by atoms with Crippen molar-refractivity contribution in [1.29, 1.82) is 0 Å². The molecule has 140 valence electrons. The van der Waals surface area contributed by atoms with Crippen LogP contribution < -0.4 is 5.32 Å². The van der Waals surface area contributed by atoms with Crippen LogP contribution in [0.15, 0.2) is 41.1 Å². The van der Waals surface area contributed by atoms with Crippen LogP contribution in [0.3, 0.4) is 0 Å². The first-order chi connectivity index (χ1) is 12.9. The predicted molar refractivity (Wildman–Crippen MR) is 85.9 cm³/mol. The molecule has 0 amide bonds. The lowest BCUT2D eigenvalue weighted by molar-refractivity contribution is -0.156. The summed E-state index contributed by atoms with van der Waals surface area (Å²) in [5, 5.41) is 9.58. The number of alkyl halides is 3. The Hall–Kier alpha value is -3.04. The Kier molecular flexibility index (Phi) is 4.05. The second kappa shape index (κ2) is 6.29. The normalized spacial score (nSPS) is 16.0. The molecule has 1 saturated carbocycles. The minimum atomic E-state index is -4.71. The van der Waals surface area contributed by atoms with Gasteiger partial charge in [-0.1, -0.05) is 12.1 Å². The molecule has 1 aromatic carbocycles. The Morgan fingerprint density at radius 3 is 2.19 bits per heavy atom. The molecule has 10 heteroatoms. The Balaban J connectivity index is 1.54. The molecule has 1 aliphatic carbocycles. The molecule has 3 aromatic rings. The molecule has 27 heavy (non-hydrogen) atoms. The first kappa shape index (κ1) is 17.4. The minimum Gasteiger partial charge on any atom is -0.413 e. The number of aromatic nitrogens is 4. The zero-order valence-electron chi connectivity index (χ0n) is 13.8. The van der Waals surface area contributed by atoms with Crippen molar-refractivity contribution in [2.24, 2.45) is 0 Å². The van der Waals surface area contributed by atoms with Crippen molar-refractivity contribution in [2.45, 2.75) is 31.0 Å². The van der Waals surface area contributed by atoms with Gasteiger partial charge in [0.2, 0.25) is 5.95 Å². The van der Waals surface area contributed by atoms with E-state index in [0.29, 0.717) is 5.95 Å². The predicted octanol–water partition coefficient (Wildman–Crippen LogP) is 4.18. The monoisotopic (exact) mass is 379 g/mol. The number of halogens is 4. The molecular formula is C17H13F4N5O. The summed E-state index contributed by atoms with van der Waals surface area (Å²) in [5.41, 5.74) is 0.714. The van der Waals surface area contributed by atoms with Gasteiger partial charge in [0, 0.05) is 12.4 Å². The van der Waals surface area contributed by atoms with Gasteiger partial charge in [0.1, 0.15) is 5.82 Å². The number of rotatable bonds is 4. The molecule has 0 atom stereocenters. The molecule has 0 spiro atoms. The molecule has 0 saturated heterocycles. The third kappa shape index (κ3) is 3.34. The molecule has 0 unspecified atom stereocenters.